The number of thioether (sulfide) groups is 1. The molecule has 21 heavy (non-hydrogen) atoms. The molecule has 2 nitrogen and oxygen atoms in total. The van der Waals surface area contributed by atoms with Gasteiger partial charge >= 0.3 is 0 Å². The fraction of sp³-hybridized carbons (Fsp3) is 0.200. The lowest BCUT2D eigenvalue weighted by molar-refractivity contribution is 0.575. The largest absolute Gasteiger partial charge is 0.271 e. The summed E-state index contributed by atoms with van der Waals surface area (Å²) in [7, 11) is 0. The quantitative estimate of drug-likeness (QED) is 0.406. The van der Waals surface area contributed by atoms with Crippen LogP contribution in [-0.4, -0.2) is 11.8 Å². The lowest BCUT2D eigenvalue weighted by Gasteiger charge is -2.16. The Bertz CT molecular complexity index is 610. The predicted molar refractivity (Wildman–Crippen MR) is 96.1 cm³/mol. The van der Waals surface area contributed by atoms with E-state index in [0.29, 0.717) is 0 Å². The van der Waals surface area contributed by atoms with E-state index in [-0.39, 0.29) is 6.04 Å². The van der Waals surface area contributed by atoms with Gasteiger partial charge in [0.05, 0.1) is 0 Å². The van der Waals surface area contributed by atoms with Gasteiger partial charge < -0.3 is 0 Å². The van der Waals surface area contributed by atoms with Gasteiger partial charge in [0.1, 0.15) is 0 Å². The van der Waals surface area contributed by atoms with Crippen molar-refractivity contribution >= 4 is 50.9 Å². The molecule has 0 fully saturated rings. The summed E-state index contributed by atoms with van der Waals surface area (Å²) in [6.45, 7) is 0. The monoisotopic (exact) mass is 404 g/mol. The Morgan fingerprint density at radius 3 is 2.67 bits per heavy atom. The predicted octanol–water partition coefficient (Wildman–Crippen LogP) is 4.92. The molecule has 0 radical (unpaired) electrons. The Kier molecular flexibility index (Phi) is 6.86. The highest BCUT2D eigenvalue weighted by Crippen LogP contribution is 2.25. The lowest BCUT2D eigenvalue weighted by Crippen LogP contribution is -2.38. The third kappa shape index (κ3) is 5.47. The smallest absolute Gasteiger partial charge is 0.0449 e. The molecule has 112 valence electrons. The Morgan fingerprint density at radius 2 is 2.00 bits per heavy atom. The first kappa shape index (κ1) is 17.1. The van der Waals surface area contributed by atoms with Crippen LogP contribution in [0.1, 0.15) is 5.56 Å². The number of benzene rings is 2. The zero-order chi connectivity index (χ0) is 15.2. The van der Waals surface area contributed by atoms with Crippen molar-refractivity contribution in [1.82, 2.24) is 5.43 Å². The van der Waals surface area contributed by atoms with Crippen LogP contribution in [0.5, 0.6) is 0 Å². The Balaban J connectivity index is 1.97. The topological polar surface area (TPSA) is 38.0 Å². The molecule has 0 saturated heterocycles. The van der Waals surface area contributed by atoms with E-state index in [4.69, 9.17) is 29.0 Å². The zero-order valence-corrected chi connectivity index (χ0v) is 15.1. The molecule has 0 spiro atoms. The molecule has 2 aromatic carbocycles. The Morgan fingerprint density at radius 1 is 1.19 bits per heavy atom. The maximum Gasteiger partial charge on any atom is 0.0449 e. The highest BCUT2D eigenvalue weighted by molar-refractivity contribution is 9.10. The van der Waals surface area contributed by atoms with Crippen molar-refractivity contribution < 1.29 is 0 Å². The lowest BCUT2D eigenvalue weighted by atomic mass is 10.1. The highest BCUT2D eigenvalue weighted by atomic mass is 79.9. The SMILES string of the molecule is NNC(CSc1cccc(Cl)c1)Cc1ccc(Br)cc1Cl. The second kappa shape index (κ2) is 8.42. The zero-order valence-electron chi connectivity index (χ0n) is 11.2. The molecule has 0 aromatic heterocycles. The molecule has 1 atom stereocenters. The molecule has 0 saturated carbocycles. The van der Waals surface area contributed by atoms with Crippen LogP contribution >= 0.6 is 50.9 Å². The Labute approximate surface area is 147 Å². The molecule has 2 aromatic rings. The van der Waals surface area contributed by atoms with E-state index >= 15 is 0 Å². The first-order chi connectivity index (χ1) is 10.1. The van der Waals surface area contributed by atoms with E-state index in [2.05, 4.69) is 21.4 Å². The number of rotatable bonds is 6. The number of nitrogens with one attached hydrogen (secondary N) is 1. The van der Waals surface area contributed by atoms with Crippen molar-refractivity contribution in [2.75, 3.05) is 5.75 Å². The average Bonchev–Trinajstić information content (AvgIpc) is 2.45. The first-order valence-corrected chi connectivity index (χ1v) is 8.90. The van der Waals surface area contributed by atoms with Crippen LogP contribution in [-0.2, 0) is 6.42 Å². The van der Waals surface area contributed by atoms with Crippen LogP contribution in [0.25, 0.3) is 0 Å². The van der Waals surface area contributed by atoms with Gasteiger partial charge in [-0.05, 0) is 42.3 Å². The summed E-state index contributed by atoms with van der Waals surface area (Å²) in [5.41, 5.74) is 3.93. The average molecular weight is 406 g/mol. The van der Waals surface area contributed by atoms with Crippen LogP contribution < -0.4 is 11.3 Å². The fourth-order valence-corrected chi connectivity index (χ4v) is 3.87. The van der Waals surface area contributed by atoms with Gasteiger partial charge in [-0.1, -0.05) is 51.3 Å². The van der Waals surface area contributed by atoms with Crippen LogP contribution in [0, 0.1) is 0 Å². The van der Waals surface area contributed by atoms with Crippen molar-refractivity contribution in [2.45, 2.75) is 17.4 Å². The normalized spacial score (nSPS) is 12.4. The maximum atomic E-state index is 6.25. The van der Waals surface area contributed by atoms with Crippen LogP contribution in [0.2, 0.25) is 10.0 Å². The number of halogens is 3. The summed E-state index contributed by atoms with van der Waals surface area (Å²) in [4.78, 5) is 1.13. The van der Waals surface area contributed by atoms with E-state index in [1.807, 2.05) is 42.5 Å². The highest BCUT2D eigenvalue weighted by Gasteiger charge is 2.11. The van der Waals surface area contributed by atoms with Gasteiger partial charge in [0.15, 0.2) is 0 Å². The minimum absolute atomic E-state index is 0.132. The van der Waals surface area contributed by atoms with Gasteiger partial charge in [-0.2, -0.15) is 0 Å². The molecule has 0 aliphatic rings. The van der Waals surface area contributed by atoms with Gasteiger partial charge in [-0.15, -0.1) is 11.8 Å². The van der Waals surface area contributed by atoms with Crippen molar-refractivity contribution in [3.63, 3.8) is 0 Å². The first-order valence-electron chi connectivity index (χ1n) is 6.37. The van der Waals surface area contributed by atoms with Crippen LogP contribution in [0.4, 0.5) is 0 Å². The number of hydrazine groups is 1. The summed E-state index contributed by atoms with van der Waals surface area (Å²) in [5.74, 6) is 6.49. The number of hydrogen-bond donors (Lipinski definition) is 2. The van der Waals surface area contributed by atoms with Gasteiger partial charge in [-0.25, -0.2) is 0 Å². The maximum absolute atomic E-state index is 6.25. The number of nitrogens with two attached hydrogens (primary N) is 1. The minimum Gasteiger partial charge on any atom is -0.271 e. The minimum atomic E-state index is 0.132. The summed E-state index contributed by atoms with van der Waals surface area (Å²) in [6.07, 6.45) is 0.774. The summed E-state index contributed by atoms with van der Waals surface area (Å²) < 4.78 is 0.974. The second-order valence-corrected chi connectivity index (χ2v) is 7.42. The summed E-state index contributed by atoms with van der Waals surface area (Å²) >= 11 is 17.4. The molecule has 0 bridgehead atoms. The molecule has 2 rings (SSSR count). The summed E-state index contributed by atoms with van der Waals surface area (Å²) in [6, 6.07) is 13.8. The van der Waals surface area contributed by atoms with Crippen molar-refractivity contribution in [2.24, 2.45) is 5.84 Å². The molecular weight excluding hydrogens is 391 g/mol. The van der Waals surface area contributed by atoms with Gasteiger partial charge in [0.2, 0.25) is 0 Å². The third-order valence-corrected chi connectivity index (χ3v) is 5.20. The van der Waals surface area contributed by atoms with Gasteiger partial charge in [0, 0.05) is 31.2 Å². The van der Waals surface area contributed by atoms with Crippen molar-refractivity contribution in [3.8, 4) is 0 Å². The molecule has 6 heteroatoms. The van der Waals surface area contributed by atoms with Crippen molar-refractivity contribution in [1.29, 1.82) is 0 Å². The van der Waals surface area contributed by atoms with E-state index in [0.717, 1.165) is 37.2 Å². The third-order valence-electron chi connectivity index (χ3n) is 2.96. The molecule has 0 amide bonds. The molecular formula is C15H15BrCl2N2S. The van der Waals surface area contributed by atoms with E-state index in [1.54, 1.807) is 11.8 Å². The summed E-state index contributed by atoms with van der Waals surface area (Å²) in [5, 5.41) is 1.49. The van der Waals surface area contributed by atoms with E-state index in [9.17, 15) is 0 Å². The number of hydrogen-bond acceptors (Lipinski definition) is 3. The van der Waals surface area contributed by atoms with Crippen LogP contribution in [0.3, 0.4) is 0 Å². The van der Waals surface area contributed by atoms with E-state index < -0.39 is 0 Å². The molecule has 0 heterocycles. The fourth-order valence-electron chi connectivity index (χ4n) is 1.87. The van der Waals surface area contributed by atoms with Gasteiger partial charge in [-0.3, -0.25) is 11.3 Å². The molecule has 1 unspecified atom stereocenters. The second-order valence-electron chi connectivity index (χ2n) is 4.57. The van der Waals surface area contributed by atoms with E-state index in [1.165, 1.54) is 0 Å². The van der Waals surface area contributed by atoms with Crippen molar-refractivity contribution in [3.05, 3.63) is 62.5 Å². The standard InChI is InChI=1S/C15H15BrCl2N2S/c16-11-5-4-10(15(18)7-11)6-13(20-19)9-21-14-3-1-2-12(17)8-14/h1-5,7-8,13,20H,6,9,19H2. The molecule has 0 aliphatic carbocycles. The Hall–Kier alpha value is -0.230. The van der Waals surface area contributed by atoms with Gasteiger partial charge in [0.25, 0.3) is 0 Å². The molecule has 0 aliphatic heterocycles. The van der Waals surface area contributed by atoms with Crippen LogP contribution in [0.15, 0.2) is 51.8 Å². The molecule has 3 N–H and O–H groups in total.